The quantitative estimate of drug-likeness (QED) is 0.791. The minimum absolute atomic E-state index is 0.103. The van der Waals surface area contributed by atoms with Gasteiger partial charge in [0.1, 0.15) is 10.8 Å². The van der Waals surface area contributed by atoms with E-state index in [1.54, 1.807) is 12.1 Å². The standard InChI is InChI=1S/C9H6ClFN2O/c10-7-8(14-13-9(7)12)5-2-1-3-6(11)4-5/h1-4H,(H2,12,13). The second-order valence-electron chi connectivity index (χ2n) is 2.72. The van der Waals surface area contributed by atoms with Crippen molar-refractivity contribution in [1.82, 2.24) is 5.16 Å². The fraction of sp³-hybridized carbons (Fsp3) is 0. The van der Waals surface area contributed by atoms with Gasteiger partial charge in [0.2, 0.25) is 0 Å². The predicted molar refractivity (Wildman–Crippen MR) is 51.3 cm³/mol. The maximum absolute atomic E-state index is 12.9. The molecule has 0 saturated carbocycles. The summed E-state index contributed by atoms with van der Waals surface area (Å²) >= 11 is 5.79. The van der Waals surface area contributed by atoms with Gasteiger partial charge < -0.3 is 10.3 Å². The number of anilines is 1. The summed E-state index contributed by atoms with van der Waals surface area (Å²) in [5.41, 5.74) is 5.90. The van der Waals surface area contributed by atoms with E-state index in [2.05, 4.69) is 5.16 Å². The molecule has 0 unspecified atom stereocenters. The van der Waals surface area contributed by atoms with Gasteiger partial charge >= 0.3 is 0 Å². The van der Waals surface area contributed by atoms with Crippen LogP contribution in [0.1, 0.15) is 0 Å². The van der Waals surface area contributed by atoms with Crippen LogP contribution in [0, 0.1) is 5.82 Å². The van der Waals surface area contributed by atoms with Crippen molar-refractivity contribution >= 4 is 17.4 Å². The second kappa shape index (κ2) is 3.31. The fourth-order valence-electron chi connectivity index (χ4n) is 1.10. The molecule has 0 aliphatic carbocycles. The van der Waals surface area contributed by atoms with E-state index in [-0.39, 0.29) is 22.4 Å². The lowest BCUT2D eigenvalue weighted by atomic mass is 10.2. The number of benzene rings is 1. The monoisotopic (exact) mass is 212 g/mol. The van der Waals surface area contributed by atoms with Gasteiger partial charge in [0, 0.05) is 5.56 Å². The number of halogens is 2. The van der Waals surface area contributed by atoms with Gasteiger partial charge in [0.15, 0.2) is 11.6 Å². The Hall–Kier alpha value is -1.55. The molecule has 72 valence electrons. The molecule has 2 rings (SSSR count). The molecule has 1 aromatic heterocycles. The van der Waals surface area contributed by atoms with Crippen LogP contribution >= 0.6 is 11.6 Å². The number of nitrogens with zero attached hydrogens (tertiary/aromatic N) is 1. The van der Waals surface area contributed by atoms with E-state index in [4.69, 9.17) is 21.9 Å². The molecule has 0 amide bonds. The topological polar surface area (TPSA) is 52.0 Å². The van der Waals surface area contributed by atoms with Crippen molar-refractivity contribution in [1.29, 1.82) is 0 Å². The summed E-state index contributed by atoms with van der Waals surface area (Å²) in [6.45, 7) is 0. The highest BCUT2D eigenvalue weighted by Crippen LogP contribution is 2.31. The highest BCUT2D eigenvalue weighted by Gasteiger charge is 2.13. The maximum atomic E-state index is 12.9. The number of aromatic nitrogens is 1. The van der Waals surface area contributed by atoms with Gasteiger partial charge in [0.25, 0.3) is 0 Å². The highest BCUT2D eigenvalue weighted by atomic mass is 35.5. The van der Waals surface area contributed by atoms with Gasteiger partial charge in [-0.2, -0.15) is 0 Å². The van der Waals surface area contributed by atoms with Crippen LogP contribution in [0.25, 0.3) is 11.3 Å². The zero-order valence-electron chi connectivity index (χ0n) is 7.00. The summed E-state index contributed by atoms with van der Waals surface area (Å²) in [6, 6.07) is 5.84. The summed E-state index contributed by atoms with van der Waals surface area (Å²) in [6.07, 6.45) is 0. The van der Waals surface area contributed by atoms with Crippen molar-refractivity contribution < 1.29 is 8.91 Å². The van der Waals surface area contributed by atoms with Gasteiger partial charge in [0.05, 0.1) is 0 Å². The molecular weight excluding hydrogens is 207 g/mol. The van der Waals surface area contributed by atoms with Crippen molar-refractivity contribution in [3.05, 3.63) is 35.1 Å². The molecule has 1 heterocycles. The number of hydrogen-bond acceptors (Lipinski definition) is 3. The van der Waals surface area contributed by atoms with E-state index >= 15 is 0 Å². The van der Waals surface area contributed by atoms with Crippen molar-refractivity contribution in [2.24, 2.45) is 0 Å². The molecule has 3 nitrogen and oxygen atoms in total. The summed E-state index contributed by atoms with van der Waals surface area (Å²) in [4.78, 5) is 0. The van der Waals surface area contributed by atoms with Crippen LogP contribution in [0.2, 0.25) is 5.02 Å². The van der Waals surface area contributed by atoms with Crippen LogP contribution in [0.3, 0.4) is 0 Å². The smallest absolute Gasteiger partial charge is 0.187 e. The number of nitrogens with two attached hydrogens (primary N) is 1. The normalized spacial score (nSPS) is 10.4. The molecule has 2 aromatic rings. The molecule has 0 fully saturated rings. The zero-order valence-corrected chi connectivity index (χ0v) is 7.75. The Morgan fingerprint density at radius 2 is 2.21 bits per heavy atom. The van der Waals surface area contributed by atoms with E-state index in [1.807, 2.05) is 0 Å². The molecule has 0 saturated heterocycles. The van der Waals surface area contributed by atoms with Crippen LogP contribution < -0.4 is 5.73 Å². The highest BCUT2D eigenvalue weighted by molar-refractivity contribution is 6.35. The Bertz CT molecular complexity index is 470. The largest absolute Gasteiger partial charge is 0.380 e. The molecule has 1 aromatic carbocycles. The van der Waals surface area contributed by atoms with Crippen LogP contribution in [0.4, 0.5) is 10.2 Å². The van der Waals surface area contributed by atoms with E-state index < -0.39 is 0 Å². The van der Waals surface area contributed by atoms with Gasteiger partial charge in [-0.25, -0.2) is 4.39 Å². The molecule has 2 N–H and O–H groups in total. The predicted octanol–water partition coefficient (Wildman–Crippen LogP) is 2.72. The fourth-order valence-corrected chi connectivity index (χ4v) is 1.28. The van der Waals surface area contributed by atoms with Crippen LogP contribution in [-0.2, 0) is 0 Å². The van der Waals surface area contributed by atoms with Gasteiger partial charge in [-0.3, -0.25) is 0 Å². The van der Waals surface area contributed by atoms with Gasteiger partial charge in [-0.05, 0) is 12.1 Å². The summed E-state index contributed by atoms with van der Waals surface area (Å²) in [7, 11) is 0. The molecule has 0 radical (unpaired) electrons. The van der Waals surface area contributed by atoms with Gasteiger partial charge in [-0.1, -0.05) is 28.9 Å². The molecule has 0 aliphatic rings. The Kier molecular flexibility index (Phi) is 2.13. The number of rotatable bonds is 1. The Balaban J connectivity index is 2.55. The van der Waals surface area contributed by atoms with E-state index in [0.29, 0.717) is 5.56 Å². The molecule has 0 bridgehead atoms. The SMILES string of the molecule is Nc1noc(-c2cccc(F)c2)c1Cl. The Morgan fingerprint density at radius 1 is 1.43 bits per heavy atom. The third kappa shape index (κ3) is 1.44. The molecule has 0 spiro atoms. The third-order valence-electron chi connectivity index (χ3n) is 1.75. The molecule has 0 aliphatic heterocycles. The van der Waals surface area contributed by atoms with E-state index in [0.717, 1.165) is 0 Å². The van der Waals surface area contributed by atoms with Crippen molar-refractivity contribution in [3.63, 3.8) is 0 Å². The first-order valence-corrected chi connectivity index (χ1v) is 4.23. The molecule has 14 heavy (non-hydrogen) atoms. The zero-order chi connectivity index (χ0) is 10.1. The first-order valence-electron chi connectivity index (χ1n) is 3.85. The number of nitrogen functional groups attached to an aromatic ring is 1. The summed E-state index contributed by atoms with van der Waals surface area (Å²) < 4.78 is 17.7. The Labute approximate surface area is 84.3 Å². The van der Waals surface area contributed by atoms with Crippen molar-refractivity contribution in [2.45, 2.75) is 0 Å². The molecule has 0 atom stereocenters. The minimum Gasteiger partial charge on any atom is -0.380 e. The van der Waals surface area contributed by atoms with E-state index in [9.17, 15) is 4.39 Å². The van der Waals surface area contributed by atoms with E-state index in [1.165, 1.54) is 12.1 Å². The summed E-state index contributed by atoms with van der Waals surface area (Å²) in [5, 5.41) is 3.67. The second-order valence-corrected chi connectivity index (χ2v) is 3.10. The number of hydrogen-bond donors (Lipinski definition) is 1. The average Bonchev–Trinajstić information content (AvgIpc) is 2.48. The lowest BCUT2D eigenvalue weighted by Gasteiger charge is -1.95. The summed E-state index contributed by atoms with van der Waals surface area (Å²) in [5.74, 6) is 0.0168. The van der Waals surface area contributed by atoms with Gasteiger partial charge in [-0.15, -0.1) is 0 Å². The first-order chi connectivity index (χ1) is 6.68. The lowest BCUT2D eigenvalue weighted by molar-refractivity contribution is 0.435. The third-order valence-corrected chi connectivity index (χ3v) is 2.11. The van der Waals surface area contributed by atoms with Crippen molar-refractivity contribution in [3.8, 4) is 11.3 Å². The average molecular weight is 213 g/mol. The first kappa shape index (κ1) is 9.02. The molecule has 5 heteroatoms. The Morgan fingerprint density at radius 3 is 2.79 bits per heavy atom. The van der Waals surface area contributed by atoms with Crippen LogP contribution in [0.15, 0.2) is 28.8 Å². The minimum atomic E-state index is -0.367. The van der Waals surface area contributed by atoms with Crippen LogP contribution in [-0.4, -0.2) is 5.16 Å². The van der Waals surface area contributed by atoms with Crippen molar-refractivity contribution in [2.75, 3.05) is 5.73 Å². The molecular formula is C9H6ClFN2O. The maximum Gasteiger partial charge on any atom is 0.187 e. The van der Waals surface area contributed by atoms with Crippen LogP contribution in [0.5, 0.6) is 0 Å². The lowest BCUT2D eigenvalue weighted by Crippen LogP contribution is -1.83.